The van der Waals surface area contributed by atoms with Crippen LogP contribution in [0.1, 0.15) is 23.2 Å². The molecule has 0 saturated carbocycles. The van der Waals surface area contributed by atoms with Crippen LogP contribution < -0.4 is 10.2 Å². The normalized spacial score (nSPS) is 16.0. The largest absolute Gasteiger partial charge is 0.349 e. The number of anilines is 1. The van der Waals surface area contributed by atoms with E-state index in [9.17, 15) is 4.79 Å². The average Bonchev–Trinajstić information content (AvgIpc) is 3.02. The average molecular weight is 367 g/mol. The fraction of sp³-hybridized carbons (Fsp3) is 0.357. The number of rotatable bonds is 3. The molecule has 7 heteroatoms. The summed E-state index contributed by atoms with van der Waals surface area (Å²) in [5.41, 5.74) is 0.590. The van der Waals surface area contributed by atoms with Crippen molar-refractivity contribution in [2.24, 2.45) is 0 Å². The minimum absolute atomic E-state index is 0.0588. The summed E-state index contributed by atoms with van der Waals surface area (Å²) in [5.74, 6) is -0.0588. The lowest BCUT2D eigenvalue weighted by molar-refractivity contribution is 0.0930. The highest BCUT2D eigenvalue weighted by Gasteiger charge is 2.22. The van der Waals surface area contributed by atoms with Gasteiger partial charge >= 0.3 is 0 Å². The molecule has 1 saturated heterocycles. The highest BCUT2D eigenvalue weighted by Crippen LogP contribution is 2.22. The molecule has 1 N–H and O–H groups in total. The van der Waals surface area contributed by atoms with Crippen molar-refractivity contribution < 1.29 is 4.79 Å². The summed E-state index contributed by atoms with van der Waals surface area (Å²) in [6.45, 7) is 1.85. The van der Waals surface area contributed by atoms with Crippen molar-refractivity contribution in [3.63, 3.8) is 0 Å². The highest BCUT2D eigenvalue weighted by atomic mass is 79.9. The Morgan fingerprint density at radius 2 is 2.19 bits per heavy atom. The first-order valence-electron chi connectivity index (χ1n) is 6.78. The standard InChI is InChI=1S/C14H15BrN4OS/c15-11-7-10(8-16-9-11)13(20)18-12-1-4-19(5-2-12)14-17-3-6-21-14/h3,6-9,12H,1-2,4-5H2,(H,18,20). The Bertz CT molecular complexity index is 611. The molecular weight excluding hydrogens is 352 g/mol. The zero-order chi connectivity index (χ0) is 14.7. The van der Waals surface area contributed by atoms with Gasteiger partial charge < -0.3 is 10.2 Å². The number of carbonyl (C=O) groups excluding carboxylic acids is 1. The molecule has 1 fully saturated rings. The number of piperidine rings is 1. The Balaban J connectivity index is 1.54. The molecule has 110 valence electrons. The van der Waals surface area contributed by atoms with Crippen LogP contribution in [0.25, 0.3) is 0 Å². The Morgan fingerprint density at radius 3 is 2.86 bits per heavy atom. The zero-order valence-corrected chi connectivity index (χ0v) is 13.7. The Labute approximate surface area is 135 Å². The van der Waals surface area contributed by atoms with Crippen molar-refractivity contribution >= 4 is 38.3 Å². The van der Waals surface area contributed by atoms with Crippen LogP contribution in [0.4, 0.5) is 5.13 Å². The van der Waals surface area contributed by atoms with E-state index >= 15 is 0 Å². The van der Waals surface area contributed by atoms with Gasteiger partial charge in [-0.2, -0.15) is 0 Å². The topological polar surface area (TPSA) is 58.1 Å². The predicted molar refractivity (Wildman–Crippen MR) is 86.8 cm³/mol. The number of aromatic nitrogens is 2. The molecule has 1 aliphatic rings. The molecule has 0 spiro atoms. The Morgan fingerprint density at radius 1 is 1.38 bits per heavy atom. The van der Waals surface area contributed by atoms with Crippen LogP contribution in [0.2, 0.25) is 0 Å². The molecule has 0 radical (unpaired) electrons. The minimum Gasteiger partial charge on any atom is -0.349 e. The van der Waals surface area contributed by atoms with Gasteiger partial charge in [-0.15, -0.1) is 11.3 Å². The number of pyridine rings is 1. The van der Waals surface area contributed by atoms with Gasteiger partial charge in [-0.3, -0.25) is 9.78 Å². The van der Waals surface area contributed by atoms with Gasteiger partial charge in [0.05, 0.1) is 5.56 Å². The lowest BCUT2D eigenvalue weighted by Gasteiger charge is -2.32. The second-order valence-electron chi connectivity index (χ2n) is 4.94. The Hall–Kier alpha value is -1.47. The van der Waals surface area contributed by atoms with E-state index in [0.717, 1.165) is 35.5 Å². The first-order chi connectivity index (χ1) is 10.2. The number of thiazole rings is 1. The SMILES string of the molecule is O=C(NC1CCN(c2nccs2)CC1)c1cncc(Br)c1. The summed E-state index contributed by atoms with van der Waals surface area (Å²) in [4.78, 5) is 22.8. The van der Waals surface area contributed by atoms with Crippen LogP contribution in [0.5, 0.6) is 0 Å². The number of halogens is 1. The van der Waals surface area contributed by atoms with Crippen LogP contribution in [0, 0.1) is 0 Å². The molecular formula is C14H15BrN4OS. The third-order valence-electron chi connectivity index (χ3n) is 3.49. The maximum atomic E-state index is 12.2. The maximum absolute atomic E-state index is 12.2. The van der Waals surface area contributed by atoms with Gasteiger partial charge in [-0.05, 0) is 34.8 Å². The Kier molecular flexibility index (Phi) is 4.50. The van der Waals surface area contributed by atoms with Crippen LogP contribution >= 0.6 is 27.3 Å². The molecule has 0 bridgehead atoms. The molecule has 0 atom stereocenters. The van der Waals surface area contributed by atoms with Gasteiger partial charge in [-0.1, -0.05) is 0 Å². The van der Waals surface area contributed by atoms with Gasteiger partial charge in [0.15, 0.2) is 5.13 Å². The van der Waals surface area contributed by atoms with Crippen molar-refractivity contribution in [3.05, 3.63) is 40.1 Å². The highest BCUT2D eigenvalue weighted by molar-refractivity contribution is 9.10. The third-order valence-corrected chi connectivity index (χ3v) is 4.75. The predicted octanol–water partition coefficient (Wildman–Crippen LogP) is 2.70. The quantitative estimate of drug-likeness (QED) is 0.906. The molecule has 1 aliphatic heterocycles. The summed E-state index contributed by atoms with van der Waals surface area (Å²) in [6.07, 6.45) is 6.96. The van der Waals surface area contributed by atoms with E-state index in [4.69, 9.17) is 0 Å². The summed E-state index contributed by atoms with van der Waals surface area (Å²) in [7, 11) is 0. The molecule has 2 aromatic heterocycles. The molecule has 0 aliphatic carbocycles. The number of nitrogens with zero attached hydrogens (tertiary/aromatic N) is 3. The second kappa shape index (κ2) is 6.53. The van der Waals surface area contributed by atoms with E-state index in [2.05, 4.69) is 36.1 Å². The van der Waals surface area contributed by atoms with Crippen LogP contribution in [-0.2, 0) is 0 Å². The summed E-state index contributed by atoms with van der Waals surface area (Å²) < 4.78 is 0.814. The number of hydrogen-bond acceptors (Lipinski definition) is 5. The number of nitrogens with one attached hydrogen (secondary N) is 1. The van der Waals surface area contributed by atoms with E-state index in [-0.39, 0.29) is 11.9 Å². The molecule has 5 nitrogen and oxygen atoms in total. The van der Waals surface area contributed by atoms with E-state index < -0.39 is 0 Å². The van der Waals surface area contributed by atoms with Gasteiger partial charge in [-0.25, -0.2) is 4.98 Å². The van der Waals surface area contributed by atoms with Crippen LogP contribution in [-0.4, -0.2) is 35.0 Å². The van der Waals surface area contributed by atoms with Crippen molar-refractivity contribution in [1.29, 1.82) is 0 Å². The van der Waals surface area contributed by atoms with Gasteiger partial charge in [0.2, 0.25) is 0 Å². The fourth-order valence-corrected chi connectivity index (χ4v) is 3.45. The second-order valence-corrected chi connectivity index (χ2v) is 6.73. The summed E-state index contributed by atoms with van der Waals surface area (Å²) >= 11 is 4.99. The number of amides is 1. The lowest BCUT2D eigenvalue weighted by Crippen LogP contribution is -2.44. The van der Waals surface area contributed by atoms with E-state index in [1.54, 1.807) is 29.8 Å². The van der Waals surface area contributed by atoms with Crippen molar-refractivity contribution in [1.82, 2.24) is 15.3 Å². The molecule has 0 aromatic carbocycles. The first kappa shape index (κ1) is 14.5. The van der Waals surface area contributed by atoms with E-state index in [1.165, 1.54) is 0 Å². The minimum atomic E-state index is -0.0588. The smallest absolute Gasteiger partial charge is 0.253 e. The van der Waals surface area contributed by atoms with Crippen molar-refractivity contribution in [2.75, 3.05) is 18.0 Å². The monoisotopic (exact) mass is 366 g/mol. The van der Waals surface area contributed by atoms with Gasteiger partial charge in [0.1, 0.15) is 0 Å². The van der Waals surface area contributed by atoms with Crippen molar-refractivity contribution in [2.45, 2.75) is 18.9 Å². The first-order valence-corrected chi connectivity index (χ1v) is 8.45. The van der Waals surface area contributed by atoms with E-state index in [1.807, 2.05) is 11.6 Å². The lowest BCUT2D eigenvalue weighted by atomic mass is 10.1. The van der Waals surface area contributed by atoms with Crippen LogP contribution in [0.3, 0.4) is 0 Å². The molecule has 3 heterocycles. The third kappa shape index (κ3) is 3.59. The molecule has 2 aromatic rings. The molecule has 21 heavy (non-hydrogen) atoms. The molecule has 0 unspecified atom stereocenters. The van der Waals surface area contributed by atoms with Gasteiger partial charge in [0, 0.05) is 47.6 Å². The number of carbonyl (C=O) groups is 1. The van der Waals surface area contributed by atoms with E-state index in [0.29, 0.717) is 5.56 Å². The molecule has 3 rings (SSSR count). The summed E-state index contributed by atoms with van der Waals surface area (Å²) in [5, 5.41) is 6.14. The number of hydrogen-bond donors (Lipinski definition) is 1. The molecule has 1 amide bonds. The maximum Gasteiger partial charge on any atom is 0.253 e. The fourth-order valence-electron chi connectivity index (χ4n) is 2.39. The summed E-state index contributed by atoms with van der Waals surface area (Å²) in [6, 6.07) is 2.00. The zero-order valence-electron chi connectivity index (χ0n) is 11.3. The van der Waals surface area contributed by atoms with Crippen LogP contribution in [0.15, 0.2) is 34.5 Å². The van der Waals surface area contributed by atoms with Crippen molar-refractivity contribution in [3.8, 4) is 0 Å². The van der Waals surface area contributed by atoms with Gasteiger partial charge in [0.25, 0.3) is 5.91 Å².